The molecule has 1 aliphatic heterocycles. The number of rotatable bonds is 5. The molecule has 1 aromatic rings. The minimum Gasteiger partial charge on any atom is -0.342 e. The zero-order valence-electron chi connectivity index (χ0n) is 17.0. The third-order valence-corrected chi connectivity index (χ3v) is 5.37. The number of likely N-dealkylation sites (tertiary alicyclic amines) is 1. The van der Waals surface area contributed by atoms with Crippen molar-refractivity contribution in [3.05, 3.63) is 35.9 Å². The topological polar surface area (TPSA) is 40.6 Å². The molecule has 4 heteroatoms. The summed E-state index contributed by atoms with van der Waals surface area (Å²) in [6.45, 7) is 12.2. The van der Waals surface area contributed by atoms with Crippen LogP contribution < -0.4 is 0 Å². The van der Waals surface area contributed by atoms with E-state index in [1.165, 1.54) is 5.56 Å². The maximum absolute atomic E-state index is 13.2. The second kappa shape index (κ2) is 8.70. The van der Waals surface area contributed by atoms with Crippen molar-refractivity contribution in [3.8, 4) is 0 Å². The lowest BCUT2D eigenvalue weighted by Gasteiger charge is -2.38. The van der Waals surface area contributed by atoms with E-state index in [-0.39, 0.29) is 29.2 Å². The molecular weight excluding hydrogens is 324 g/mol. The number of benzene rings is 1. The second-order valence-corrected chi connectivity index (χ2v) is 8.53. The fourth-order valence-corrected chi connectivity index (χ4v) is 3.49. The fourth-order valence-electron chi connectivity index (χ4n) is 3.49. The Balaban J connectivity index is 2.02. The van der Waals surface area contributed by atoms with Gasteiger partial charge >= 0.3 is 0 Å². The van der Waals surface area contributed by atoms with Gasteiger partial charge in [0.15, 0.2) is 0 Å². The molecule has 0 aliphatic carbocycles. The summed E-state index contributed by atoms with van der Waals surface area (Å²) < 4.78 is 0. The summed E-state index contributed by atoms with van der Waals surface area (Å²) in [5.74, 6) is 0.453. The monoisotopic (exact) mass is 358 g/mol. The molecule has 1 atom stereocenters. The van der Waals surface area contributed by atoms with Crippen LogP contribution in [0.3, 0.4) is 0 Å². The molecule has 26 heavy (non-hydrogen) atoms. The average Bonchev–Trinajstić information content (AvgIpc) is 2.64. The van der Waals surface area contributed by atoms with Gasteiger partial charge in [-0.25, -0.2) is 0 Å². The predicted octanol–water partition coefficient (Wildman–Crippen LogP) is 4.10. The lowest BCUT2D eigenvalue weighted by atomic mass is 9.90. The van der Waals surface area contributed by atoms with Crippen molar-refractivity contribution in [2.75, 3.05) is 13.1 Å². The van der Waals surface area contributed by atoms with Gasteiger partial charge in [0, 0.05) is 37.0 Å². The van der Waals surface area contributed by atoms with Gasteiger partial charge in [-0.05, 0) is 31.7 Å². The van der Waals surface area contributed by atoms with Crippen molar-refractivity contribution in [3.63, 3.8) is 0 Å². The average molecular weight is 359 g/mol. The number of nitrogens with zero attached hydrogens (tertiary/aromatic N) is 2. The van der Waals surface area contributed by atoms with E-state index >= 15 is 0 Å². The SMILES string of the molecule is CCC(C)N(Cc1ccccc1)C(=O)C1CCN(C(=O)C(C)(C)C)CC1. The lowest BCUT2D eigenvalue weighted by molar-refractivity contribution is -0.146. The molecule has 0 N–H and O–H groups in total. The summed E-state index contributed by atoms with van der Waals surface area (Å²) >= 11 is 0. The molecule has 0 bridgehead atoms. The summed E-state index contributed by atoms with van der Waals surface area (Å²) in [5, 5.41) is 0. The lowest BCUT2D eigenvalue weighted by Crippen LogP contribution is -2.48. The van der Waals surface area contributed by atoms with Crippen LogP contribution in [0.4, 0.5) is 0 Å². The predicted molar refractivity (Wildman–Crippen MR) is 106 cm³/mol. The summed E-state index contributed by atoms with van der Waals surface area (Å²) in [5.41, 5.74) is 0.814. The molecule has 1 fully saturated rings. The van der Waals surface area contributed by atoms with Crippen molar-refractivity contribution in [1.29, 1.82) is 0 Å². The molecule has 0 spiro atoms. The molecular formula is C22H34N2O2. The number of carbonyl (C=O) groups is 2. The van der Waals surface area contributed by atoms with E-state index in [4.69, 9.17) is 0 Å². The summed E-state index contributed by atoms with van der Waals surface area (Å²) in [7, 11) is 0. The Kier molecular flexibility index (Phi) is 6.85. The first-order valence-electron chi connectivity index (χ1n) is 9.87. The number of hydrogen-bond acceptors (Lipinski definition) is 2. The van der Waals surface area contributed by atoms with Crippen LogP contribution in [-0.2, 0) is 16.1 Å². The molecule has 2 rings (SSSR count). The maximum Gasteiger partial charge on any atom is 0.227 e. The molecule has 1 heterocycles. The Hall–Kier alpha value is -1.84. The quantitative estimate of drug-likeness (QED) is 0.795. The Morgan fingerprint density at radius 3 is 2.23 bits per heavy atom. The Morgan fingerprint density at radius 1 is 1.15 bits per heavy atom. The van der Waals surface area contributed by atoms with Gasteiger partial charge in [-0.1, -0.05) is 58.0 Å². The van der Waals surface area contributed by atoms with Crippen LogP contribution in [0.25, 0.3) is 0 Å². The molecule has 0 saturated carbocycles. The van der Waals surface area contributed by atoms with Crippen molar-refractivity contribution >= 4 is 11.8 Å². The zero-order chi connectivity index (χ0) is 19.3. The van der Waals surface area contributed by atoms with Gasteiger partial charge in [-0.15, -0.1) is 0 Å². The van der Waals surface area contributed by atoms with Crippen LogP contribution in [0, 0.1) is 11.3 Å². The van der Waals surface area contributed by atoms with E-state index in [9.17, 15) is 9.59 Å². The minimum absolute atomic E-state index is 0.0248. The van der Waals surface area contributed by atoms with E-state index in [2.05, 4.69) is 26.0 Å². The Bertz CT molecular complexity index is 598. The highest BCUT2D eigenvalue weighted by Gasteiger charge is 2.34. The van der Waals surface area contributed by atoms with E-state index < -0.39 is 0 Å². The molecule has 1 aliphatic rings. The van der Waals surface area contributed by atoms with Crippen LogP contribution in [0.2, 0.25) is 0 Å². The highest BCUT2D eigenvalue weighted by molar-refractivity contribution is 5.83. The van der Waals surface area contributed by atoms with Gasteiger partial charge in [0.25, 0.3) is 0 Å². The van der Waals surface area contributed by atoms with Crippen LogP contribution in [0.15, 0.2) is 30.3 Å². The molecule has 0 radical (unpaired) electrons. The highest BCUT2D eigenvalue weighted by atomic mass is 16.2. The standard InChI is InChI=1S/C22H34N2O2/c1-6-17(2)24(16-18-10-8-7-9-11-18)20(25)19-12-14-23(15-13-19)21(26)22(3,4)5/h7-11,17,19H,6,12-16H2,1-5H3. The zero-order valence-corrected chi connectivity index (χ0v) is 17.0. The van der Waals surface area contributed by atoms with E-state index in [0.29, 0.717) is 19.6 Å². The number of amides is 2. The van der Waals surface area contributed by atoms with Crippen molar-refractivity contribution in [1.82, 2.24) is 9.80 Å². The minimum atomic E-state index is -0.354. The molecule has 1 aromatic carbocycles. The van der Waals surface area contributed by atoms with Crippen LogP contribution >= 0.6 is 0 Å². The number of piperidine rings is 1. The molecule has 1 unspecified atom stereocenters. The fraction of sp³-hybridized carbons (Fsp3) is 0.636. The second-order valence-electron chi connectivity index (χ2n) is 8.53. The molecule has 2 amide bonds. The van der Waals surface area contributed by atoms with Gasteiger partial charge in [0.2, 0.25) is 11.8 Å². The highest BCUT2D eigenvalue weighted by Crippen LogP contribution is 2.26. The summed E-state index contributed by atoms with van der Waals surface area (Å²) in [6, 6.07) is 10.4. The van der Waals surface area contributed by atoms with E-state index in [0.717, 1.165) is 19.3 Å². The summed E-state index contributed by atoms with van der Waals surface area (Å²) in [4.78, 5) is 29.6. The third kappa shape index (κ3) is 5.09. The molecule has 4 nitrogen and oxygen atoms in total. The van der Waals surface area contributed by atoms with Gasteiger partial charge in [-0.2, -0.15) is 0 Å². The third-order valence-electron chi connectivity index (χ3n) is 5.37. The van der Waals surface area contributed by atoms with Gasteiger partial charge in [-0.3, -0.25) is 9.59 Å². The number of hydrogen-bond donors (Lipinski definition) is 0. The first kappa shape index (κ1) is 20.5. The van der Waals surface area contributed by atoms with Crippen LogP contribution in [0.1, 0.15) is 59.4 Å². The smallest absolute Gasteiger partial charge is 0.227 e. The first-order valence-corrected chi connectivity index (χ1v) is 9.87. The number of carbonyl (C=O) groups excluding carboxylic acids is 2. The normalized spacial score (nSPS) is 17.0. The first-order chi connectivity index (χ1) is 12.2. The van der Waals surface area contributed by atoms with Crippen molar-refractivity contribution < 1.29 is 9.59 Å². The maximum atomic E-state index is 13.2. The largest absolute Gasteiger partial charge is 0.342 e. The van der Waals surface area contributed by atoms with Gasteiger partial charge in [0.05, 0.1) is 0 Å². The van der Waals surface area contributed by atoms with Gasteiger partial charge < -0.3 is 9.80 Å². The summed E-state index contributed by atoms with van der Waals surface area (Å²) in [6.07, 6.45) is 2.48. The van der Waals surface area contributed by atoms with Crippen molar-refractivity contribution in [2.45, 2.75) is 66.5 Å². The van der Waals surface area contributed by atoms with Crippen LogP contribution in [0.5, 0.6) is 0 Å². The van der Waals surface area contributed by atoms with Crippen molar-refractivity contribution in [2.24, 2.45) is 11.3 Å². The Labute approximate surface area is 158 Å². The molecule has 0 aromatic heterocycles. The van der Waals surface area contributed by atoms with E-state index in [1.807, 2.05) is 48.8 Å². The van der Waals surface area contributed by atoms with E-state index in [1.54, 1.807) is 0 Å². The van der Waals surface area contributed by atoms with Gasteiger partial charge in [0.1, 0.15) is 0 Å². The van der Waals surface area contributed by atoms with Crippen LogP contribution in [-0.4, -0.2) is 40.7 Å². The molecule has 144 valence electrons. The molecule has 1 saturated heterocycles. The Morgan fingerprint density at radius 2 is 1.73 bits per heavy atom.